The molecular weight excluding hydrogens is 396 g/mol. The lowest BCUT2D eigenvalue weighted by Crippen LogP contribution is -2.59. The van der Waals surface area contributed by atoms with Crippen molar-refractivity contribution in [2.45, 2.75) is 56.0 Å². The van der Waals surface area contributed by atoms with Crippen molar-refractivity contribution in [2.75, 3.05) is 0 Å². The van der Waals surface area contributed by atoms with Gasteiger partial charge in [0.25, 0.3) is 11.8 Å². The van der Waals surface area contributed by atoms with Gasteiger partial charge in [0, 0.05) is 29.1 Å². The van der Waals surface area contributed by atoms with E-state index in [0.29, 0.717) is 18.8 Å². The lowest BCUT2D eigenvalue weighted by atomic mass is 9.87. The molecule has 2 atom stereocenters. The zero-order valence-corrected chi connectivity index (χ0v) is 16.5. The van der Waals surface area contributed by atoms with Gasteiger partial charge in [0.05, 0.1) is 17.4 Å². The molecule has 29 heavy (non-hydrogen) atoms. The van der Waals surface area contributed by atoms with Crippen LogP contribution in [-0.4, -0.2) is 38.5 Å². The van der Waals surface area contributed by atoms with Gasteiger partial charge < -0.3 is 11.1 Å². The molecule has 3 heterocycles. The van der Waals surface area contributed by atoms with Crippen LogP contribution >= 0.6 is 11.3 Å². The molecule has 3 aromatic rings. The van der Waals surface area contributed by atoms with Crippen molar-refractivity contribution in [3.8, 4) is 11.3 Å². The molecule has 0 spiro atoms. The Morgan fingerprint density at radius 1 is 1.31 bits per heavy atom. The van der Waals surface area contributed by atoms with Crippen molar-refractivity contribution in [3.05, 3.63) is 40.5 Å². The summed E-state index contributed by atoms with van der Waals surface area (Å²) in [5.74, 6) is -3.22. The summed E-state index contributed by atoms with van der Waals surface area (Å²) in [7, 11) is 0. The fourth-order valence-electron chi connectivity index (χ4n) is 3.99. The third-order valence-corrected chi connectivity index (χ3v) is 6.91. The van der Waals surface area contributed by atoms with Crippen LogP contribution in [0.5, 0.6) is 0 Å². The number of alkyl halides is 2. The molecule has 6 nitrogen and oxygen atoms in total. The number of thiazole rings is 1. The summed E-state index contributed by atoms with van der Waals surface area (Å²) < 4.78 is 30.3. The van der Waals surface area contributed by atoms with Crippen molar-refractivity contribution in [1.82, 2.24) is 19.9 Å². The quantitative estimate of drug-likeness (QED) is 0.680. The number of rotatable bonds is 4. The highest BCUT2D eigenvalue weighted by molar-refractivity contribution is 7.14. The molecule has 152 valence electrons. The first-order valence-corrected chi connectivity index (χ1v) is 10.6. The van der Waals surface area contributed by atoms with Crippen molar-refractivity contribution in [2.24, 2.45) is 5.73 Å². The van der Waals surface area contributed by atoms with E-state index in [2.05, 4.69) is 15.4 Å². The molecule has 9 heteroatoms. The molecule has 5 rings (SSSR count). The molecule has 0 aromatic carbocycles. The summed E-state index contributed by atoms with van der Waals surface area (Å²) in [6.45, 7) is 0. The number of amides is 1. The number of hydrogen-bond donors (Lipinski definition) is 2. The van der Waals surface area contributed by atoms with Crippen molar-refractivity contribution in [1.29, 1.82) is 0 Å². The minimum absolute atomic E-state index is 0.200. The Balaban J connectivity index is 1.49. The molecule has 0 bridgehead atoms. The van der Waals surface area contributed by atoms with Gasteiger partial charge in [-0.05, 0) is 43.7 Å². The van der Waals surface area contributed by atoms with Gasteiger partial charge in [-0.3, -0.25) is 4.79 Å². The fraction of sp³-hybridized carbons (Fsp3) is 0.450. The highest BCUT2D eigenvalue weighted by atomic mass is 32.1. The van der Waals surface area contributed by atoms with Crippen molar-refractivity contribution >= 4 is 22.8 Å². The van der Waals surface area contributed by atoms with Gasteiger partial charge in [0.1, 0.15) is 6.04 Å². The lowest BCUT2D eigenvalue weighted by molar-refractivity contribution is -0.0674. The third-order valence-electron chi connectivity index (χ3n) is 5.69. The zero-order chi connectivity index (χ0) is 20.2. The Morgan fingerprint density at radius 3 is 2.90 bits per heavy atom. The van der Waals surface area contributed by atoms with Crippen LogP contribution in [-0.2, 0) is 0 Å². The van der Waals surface area contributed by atoms with Crippen molar-refractivity contribution < 1.29 is 13.6 Å². The average Bonchev–Trinajstić information content (AvgIpc) is 3.29. The number of nitrogens with two attached hydrogens (primary N) is 1. The molecule has 2 fully saturated rings. The molecule has 0 unspecified atom stereocenters. The largest absolute Gasteiger partial charge is 0.340 e. The third kappa shape index (κ3) is 3.32. The molecule has 2 aliphatic rings. The number of pyridine rings is 1. The number of fused-ring (bicyclic) bond motifs is 1. The molecule has 2 saturated carbocycles. The minimum atomic E-state index is -3.00. The van der Waals surface area contributed by atoms with Gasteiger partial charge in [0.15, 0.2) is 5.01 Å². The predicted octanol–water partition coefficient (Wildman–Crippen LogP) is 3.58. The number of nitrogens with zero attached hydrogens (tertiary/aromatic N) is 3. The van der Waals surface area contributed by atoms with E-state index in [4.69, 9.17) is 5.73 Å². The minimum Gasteiger partial charge on any atom is -0.340 e. The van der Waals surface area contributed by atoms with E-state index in [1.165, 1.54) is 11.3 Å². The Kier molecular flexibility index (Phi) is 4.40. The van der Waals surface area contributed by atoms with Crippen LogP contribution in [0.25, 0.3) is 16.8 Å². The highest BCUT2D eigenvalue weighted by Crippen LogP contribution is 2.48. The first-order valence-electron chi connectivity index (χ1n) is 9.82. The van der Waals surface area contributed by atoms with E-state index in [0.717, 1.165) is 34.5 Å². The van der Waals surface area contributed by atoms with E-state index in [-0.39, 0.29) is 11.4 Å². The second kappa shape index (κ2) is 6.84. The molecule has 0 saturated heterocycles. The van der Waals surface area contributed by atoms with E-state index >= 15 is 0 Å². The Hall–Kier alpha value is -2.39. The number of hydrogen-bond acceptors (Lipinski definition) is 5. The summed E-state index contributed by atoms with van der Waals surface area (Å²) in [6, 6.07) is 3.63. The second-order valence-corrected chi connectivity index (χ2v) is 8.89. The molecule has 1 amide bonds. The van der Waals surface area contributed by atoms with Crippen LogP contribution in [0.4, 0.5) is 8.78 Å². The number of halogens is 2. The smallest absolute Gasteiger partial charge is 0.280 e. The van der Waals surface area contributed by atoms with Gasteiger partial charge in [-0.25, -0.2) is 18.3 Å². The molecule has 3 aromatic heterocycles. The SMILES string of the molecule is N[C@@H]1CCCC(F)(F)[C@@H]1NC(=O)c1nc(-c2cnn3ccccc23)c(C2CC2)s1. The maximum absolute atomic E-state index is 14.3. The van der Waals surface area contributed by atoms with Gasteiger partial charge in [0.2, 0.25) is 0 Å². The van der Waals surface area contributed by atoms with E-state index in [1.54, 1.807) is 10.7 Å². The maximum atomic E-state index is 14.3. The molecular formula is C20H21F2N5OS. The van der Waals surface area contributed by atoms with Crippen LogP contribution in [0.15, 0.2) is 30.6 Å². The van der Waals surface area contributed by atoms with Gasteiger partial charge >= 0.3 is 0 Å². The zero-order valence-electron chi connectivity index (χ0n) is 15.6. The summed E-state index contributed by atoms with van der Waals surface area (Å²) >= 11 is 1.29. The van der Waals surface area contributed by atoms with E-state index < -0.39 is 23.9 Å². The number of aromatic nitrogens is 3. The summed E-state index contributed by atoms with van der Waals surface area (Å²) in [5.41, 5.74) is 8.36. The Bertz CT molecular complexity index is 1070. The Morgan fingerprint density at radius 2 is 2.14 bits per heavy atom. The fourth-order valence-corrected chi connectivity index (χ4v) is 5.14. The predicted molar refractivity (Wildman–Crippen MR) is 106 cm³/mol. The van der Waals surface area contributed by atoms with Gasteiger partial charge in [-0.2, -0.15) is 5.10 Å². The normalized spacial score (nSPS) is 24.0. The average molecular weight is 417 g/mol. The molecule has 0 radical (unpaired) electrons. The van der Waals surface area contributed by atoms with Crippen LogP contribution in [0.2, 0.25) is 0 Å². The van der Waals surface area contributed by atoms with Crippen LogP contribution < -0.4 is 11.1 Å². The maximum Gasteiger partial charge on any atom is 0.280 e. The second-order valence-electron chi connectivity index (χ2n) is 7.86. The van der Waals surface area contributed by atoms with Crippen LogP contribution in [0.3, 0.4) is 0 Å². The Labute approximate surface area is 170 Å². The number of carbonyl (C=O) groups is 1. The van der Waals surface area contributed by atoms with E-state index in [1.807, 2.05) is 24.4 Å². The first kappa shape index (κ1) is 18.6. The van der Waals surface area contributed by atoms with Gasteiger partial charge in [-0.15, -0.1) is 11.3 Å². The lowest BCUT2D eigenvalue weighted by Gasteiger charge is -2.36. The van der Waals surface area contributed by atoms with Crippen LogP contribution in [0.1, 0.15) is 52.7 Å². The summed E-state index contributed by atoms with van der Waals surface area (Å²) in [4.78, 5) is 18.4. The number of nitrogens with one attached hydrogen (secondary N) is 1. The van der Waals surface area contributed by atoms with Crippen molar-refractivity contribution in [3.63, 3.8) is 0 Å². The monoisotopic (exact) mass is 417 g/mol. The van der Waals surface area contributed by atoms with E-state index in [9.17, 15) is 13.6 Å². The summed E-state index contributed by atoms with van der Waals surface area (Å²) in [5, 5.41) is 7.03. The van der Waals surface area contributed by atoms with Gasteiger partial charge in [-0.1, -0.05) is 6.07 Å². The number of carbonyl (C=O) groups excluding carboxylic acids is 1. The van der Waals surface area contributed by atoms with Crippen LogP contribution in [0, 0.1) is 0 Å². The standard InChI is InChI=1S/C20H21F2N5OS/c21-20(22)8-3-4-13(23)17(20)26-18(28)19-25-15(16(29-19)11-6-7-11)12-10-24-27-9-2-1-5-14(12)27/h1-2,5,9-11,13,17H,3-4,6-8,23H2,(H,26,28)/t13-,17-/m1/s1. The highest BCUT2D eigenvalue weighted by Gasteiger charge is 2.47. The molecule has 3 N–H and O–H groups in total. The molecule has 2 aliphatic carbocycles. The topological polar surface area (TPSA) is 85.3 Å². The first-order chi connectivity index (χ1) is 13.9. The summed E-state index contributed by atoms with van der Waals surface area (Å²) in [6.07, 6.45) is 6.25. The molecule has 0 aliphatic heterocycles.